The summed E-state index contributed by atoms with van der Waals surface area (Å²) < 4.78 is 5.61. The third kappa shape index (κ3) is 5.51. The van der Waals surface area contributed by atoms with Gasteiger partial charge in [-0.3, -0.25) is 0 Å². The number of rotatable bonds is 6. The van der Waals surface area contributed by atoms with Gasteiger partial charge in [0.05, 0.1) is 30.8 Å². The lowest BCUT2D eigenvalue weighted by Crippen LogP contribution is -2.55. The first-order chi connectivity index (χ1) is 21.4. The fraction of sp³-hybridized carbons (Fsp3) is 0.314. The molecule has 1 atom stereocenters. The number of nitriles is 1. The number of carboxylic acid groups (broad SMARTS) is 1. The van der Waals surface area contributed by atoms with E-state index in [2.05, 4.69) is 59.2 Å². The zero-order valence-electron chi connectivity index (χ0n) is 25.0. The number of aromatic carboxylic acids is 1. The molecule has 0 spiro atoms. The first kappa shape index (κ1) is 29.0. The van der Waals surface area contributed by atoms with Crippen molar-refractivity contribution in [3.63, 3.8) is 0 Å². The molecule has 3 aromatic carbocycles. The van der Waals surface area contributed by atoms with Gasteiger partial charge in [0.15, 0.2) is 5.69 Å². The van der Waals surface area contributed by atoms with Crippen molar-refractivity contribution in [1.82, 2.24) is 9.88 Å². The minimum Gasteiger partial charge on any atom is -0.477 e. The largest absolute Gasteiger partial charge is 0.477 e. The summed E-state index contributed by atoms with van der Waals surface area (Å²) in [4.78, 5) is 36.3. The lowest BCUT2D eigenvalue weighted by atomic mass is 9.95. The number of aromatic nitrogens is 1. The number of amides is 1. The summed E-state index contributed by atoms with van der Waals surface area (Å²) in [6, 6.07) is 23.9. The molecule has 9 nitrogen and oxygen atoms in total. The number of carboxylic acids is 1. The molecule has 3 heterocycles. The summed E-state index contributed by atoms with van der Waals surface area (Å²) in [5.74, 6) is -1.07. The number of ether oxygens (including phenoxy) is 1. The highest BCUT2D eigenvalue weighted by molar-refractivity contribution is 5.97. The molecule has 9 heteroatoms. The van der Waals surface area contributed by atoms with E-state index in [1.807, 2.05) is 37.3 Å². The molecule has 0 radical (unpaired) electrons. The Kier molecular flexibility index (Phi) is 8.07. The maximum Gasteiger partial charge on any atom is 0.410 e. The first-order valence-corrected chi connectivity index (χ1v) is 14.9. The van der Waals surface area contributed by atoms with Crippen LogP contribution in [0.3, 0.4) is 0 Å². The van der Waals surface area contributed by atoms with E-state index < -0.39 is 18.1 Å². The number of benzene rings is 3. The summed E-state index contributed by atoms with van der Waals surface area (Å²) in [6.07, 6.45) is 0.390. The van der Waals surface area contributed by atoms with Gasteiger partial charge in [-0.1, -0.05) is 60.7 Å². The van der Waals surface area contributed by atoms with Crippen molar-refractivity contribution in [1.29, 1.82) is 5.26 Å². The number of piperazine rings is 1. The van der Waals surface area contributed by atoms with Crippen molar-refractivity contribution in [3.8, 4) is 6.07 Å². The van der Waals surface area contributed by atoms with Crippen LogP contribution in [0.25, 0.3) is 10.8 Å². The number of pyridine rings is 1. The monoisotopic (exact) mass is 589 g/mol. The third-order valence-electron chi connectivity index (χ3n) is 8.76. The molecule has 1 N–H and O–H groups in total. The van der Waals surface area contributed by atoms with Gasteiger partial charge in [0, 0.05) is 54.1 Å². The van der Waals surface area contributed by atoms with Crippen molar-refractivity contribution < 1.29 is 19.4 Å². The van der Waals surface area contributed by atoms with Gasteiger partial charge in [0.2, 0.25) is 0 Å². The molecule has 0 aliphatic carbocycles. The van der Waals surface area contributed by atoms with Crippen molar-refractivity contribution in [2.24, 2.45) is 0 Å². The van der Waals surface area contributed by atoms with Crippen molar-refractivity contribution in [2.75, 3.05) is 36.0 Å². The minimum absolute atomic E-state index is 0.0382. The van der Waals surface area contributed by atoms with Crippen molar-refractivity contribution >= 4 is 34.2 Å². The highest BCUT2D eigenvalue weighted by atomic mass is 16.6. The van der Waals surface area contributed by atoms with Crippen LogP contribution in [0, 0.1) is 25.2 Å². The lowest BCUT2D eigenvalue weighted by Gasteiger charge is -2.43. The summed E-state index contributed by atoms with van der Waals surface area (Å²) >= 11 is 0. The van der Waals surface area contributed by atoms with E-state index in [1.54, 1.807) is 4.90 Å². The summed E-state index contributed by atoms with van der Waals surface area (Å²) in [6.45, 7) is 6.58. The summed E-state index contributed by atoms with van der Waals surface area (Å²) in [7, 11) is 0. The second kappa shape index (κ2) is 12.3. The van der Waals surface area contributed by atoms with E-state index in [4.69, 9.17) is 9.72 Å². The highest BCUT2D eigenvalue weighted by Gasteiger charge is 2.35. The predicted octanol–water partition coefficient (Wildman–Crippen LogP) is 5.85. The average molecular weight is 590 g/mol. The van der Waals surface area contributed by atoms with E-state index in [0.29, 0.717) is 38.2 Å². The number of fused-ring (bicyclic) bond motifs is 2. The molecular formula is C35H35N5O4. The molecule has 1 unspecified atom stereocenters. The molecule has 44 heavy (non-hydrogen) atoms. The third-order valence-corrected chi connectivity index (χ3v) is 8.76. The van der Waals surface area contributed by atoms with E-state index in [9.17, 15) is 20.0 Å². The second-order valence-electron chi connectivity index (χ2n) is 11.5. The molecule has 1 aromatic heterocycles. The molecule has 1 amide bonds. The van der Waals surface area contributed by atoms with E-state index >= 15 is 0 Å². The smallest absolute Gasteiger partial charge is 0.410 e. The SMILES string of the molecule is Cc1c(C(=O)O)nc2c(c1N1CCN(C(=O)OCc3ccccc3)C(CC#N)C1)CCN(c1cccc3cccc(C)c13)C2. The van der Waals surface area contributed by atoms with E-state index in [-0.39, 0.29) is 18.7 Å². The Morgan fingerprint density at radius 3 is 2.52 bits per heavy atom. The first-order valence-electron chi connectivity index (χ1n) is 14.9. The van der Waals surface area contributed by atoms with Crippen LogP contribution in [0.5, 0.6) is 0 Å². The van der Waals surface area contributed by atoms with Crippen molar-refractivity contribution in [2.45, 2.75) is 45.9 Å². The standard InChI is InChI=1S/C35H35N5O4/c1-23-8-6-11-26-12-7-13-30(31(23)26)38-17-15-28-29(21-38)37-32(34(41)42)24(2)33(28)39-18-19-40(27(20-39)14-16-36)35(43)44-22-25-9-4-3-5-10-25/h3-13,27H,14-15,17-22H2,1-2H3,(H,41,42). The van der Waals surface area contributed by atoms with Gasteiger partial charge in [-0.05, 0) is 42.8 Å². The van der Waals surface area contributed by atoms with Crippen LogP contribution in [-0.4, -0.2) is 59.3 Å². The van der Waals surface area contributed by atoms with Gasteiger partial charge in [0.25, 0.3) is 0 Å². The summed E-state index contributed by atoms with van der Waals surface area (Å²) in [5, 5.41) is 22.1. The van der Waals surface area contributed by atoms with Gasteiger partial charge in [-0.25, -0.2) is 14.6 Å². The van der Waals surface area contributed by atoms with Crippen LogP contribution in [-0.2, 0) is 24.3 Å². The Labute approximate surface area is 256 Å². The molecule has 0 bridgehead atoms. The van der Waals surface area contributed by atoms with E-state index in [1.165, 1.54) is 16.3 Å². The number of aryl methyl sites for hydroxylation is 1. The fourth-order valence-corrected chi connectivity index (χ4v) is 6.65. The topological polar surface area (TPSA) is 110 Å². The lowest BCUT2D eigenvalue weighted by molar-refractivity contribution is 0.0689. The quantitative estimate of drug-likeness (QED) is 0.298. The van der Waals surface area contributed by atoms with Gasteiger partial charge < -0.3 is 24.5 Å². The number of carbonyl (C=O) groups is 2. The predicted molar refractivity (Wildman–Crippen MR) is 169 cm³/mol. The van der Waals surface area contributed by atoms with Gasteiger partial charge >= 0.3 is 12.1 Å². The Hall–Kier alpha value is -5.10. The minimum atomic E-state index is -1.07. The Morgan fingerprint density at radius 1 is 1.00 bits per heavy atom. The summed E-state index contributed by atoms with van der Waals surface area (Å²) in [5.41, 5.74) is 6.50. The fourth-order valence-electron chi connectivity index (χ4n) is 6.65. The van der Waals surface area contributed by atoms with Crippen molar-refractivity contribution in [3.05, 3.63) is 100 Å². The van der Waals surface area contributed by atoms with Crippen LogP contribution in [0.15, 0.2) is 66.7 Å². The van der Waals surface area contributed by atoms with Gasteiger partial charge in [-0.2, -0.15) is 5.26 Å². The van der Waals surface area contributed by atoms with Crippen LogP contribution < -0.4 is 9.80 Å². The molecule has 224 valence electrons. The molecule has 0 saturated carbocycles. The van der Waals surface area contributed by atoms with Gasteiger partial charge in [0.1, 0.15) is 6.61 Å². The zero-order valence-corrected chi connectivity index (χ0v) is 25.0. The Bertz CT molecular complexity index is 1760. The molecule has 2 aliphatic heterocycles. The van der Waals surface area contributed by atoms with E-state index in [0.717, 1.165) is 34.7 Å². The number of nitrogens with zero attached hydrogens (tertiary/aromatic N) is 5. The molecule has 2 aliphatic rings. The van der Waals surface area contributed by atoms with Crippen LogP contribution >= 0.6 is 0 Å². The average Bonchev–Trinajstić information content (AvgIpc) is 3.03. The van der Waals surface area contributed by atoms with Crippen LogP contribution in [0.1, 0.15) is 44.9 Å². The number of carbonyl (C=O) groups excluding carboxylic acids is 1. The molecule has 1 saturated heterocycles. The molecule has 4 aromatic rings. The van der Waals surface area contributed by atoms with Crippen LogP contribution in [0.2, 0.25) is 0 Å². The van der Waals surface area contributed by atoms with Crippen LogP contribution in [0.4, 0.5) is 16.2 Å². The normalized spacial score (nSPS) is 16.4. The maximum absolute atomic E-state index is 13.1. The number of anilines is 2. The maximum atomic E-state index is 13.1. The molecule has 1 fully saturated rings. The Balaban J connectivity index is 1.29. The molecular weight excluding hydrogens is 554 g/mol. The second-order valence-corrected chi connectivity index (χ2v) is 11.5. The molecule has 6 rings (SSSR count). The van der Waals surface area contributed by atoms with Gasteiger partial charge in [-0.15, -0.1) is 0 Å². The number of hydrogen-bond acceptors (Lipinski definition) is 7. The highest BCUT2D eigenvalue weighted by Crippen LogP contribution is 2.38. The number of hydrogen-bond donors (Lipinski definition) is 1. The zero-order chi connectivity index (χ0) is 30.8. The Morgan fingerprint density at radius 2 is 1.77 bits per heavy atom.